The number of rotatable bonds is 9. The summed E-state index contributed by atoms with van der Waals surface area (Å²) in [6, 6.07) is 30.8. The molecule has 1 fully saturated rings. The van der Waals surface area contributed by atoms with Crippen molar-refractivity contribution in [2.45, 2.75) is 43.6 Å². The predicted molar refractivity (Wildman–Crippen MR) is 157 cm³/mol. The Labute approximate surface area is 239 Å². The van der Waals surface area contributed by atoms with Crippen LogP contribution < -0.4 is 10.6 Å². The fourth-order valence-corrected chi connectivity index (χ4v) is 5.65. The van der Waals surface area contributed by atoms with E-state index in [9.17, 15) is 9.90 Å². The Balaban J connectivity index is 1.32. The topological polar surface area (TPSA) is 92.7 Å². The van der Waals surface area contributed by atoms with Crippen LogP contribution in [0.1, 0.15) is 41.6 Å². The molecule has 3 N–H and O–H groups in total. The van der Waals surface area contributed by atoms with Gasteiger partial charge in [-0.1, -0.05) is 79.7 Å². The molecule has 8 heteroatoms. The highest BCUT2D eigenvalue weighted by atomic mass is 32.2. The maximum absolute atomic E-state index is 12.6. The van der Waals surface area contributed by atoms with Crippen LogP contribution in [0.4, 0.5) is 10.5 Å². The molecule has 4 unspecified atom stereocenters. The third kappa shape index (κ3) is 7.28. The number of thioether (sulfide) groups is 1. The molecule has 1 aromatic heterocycles. The van der Waals surface area contributed by atoms with E-state index < -0.39 is 6.29 Å². The second kappa shape index (κ2) is 13.6. The molecule has 1 saturated heterocycles. The number of nitrogens with one attached hydrogen (secondary N) is 2. The quantitative estimate of drug-likeness (QED) is 0.205. The van der Waals surface area contributed by atoms with Crippen molar-refractivity contribution in [2.24, 2.45) is 5.92 Å². The second-order valence-electron chi connectivity index (χ2n) is 9.72. The van der Waals surface area contributed by atoms with Crippen molar-refractivity contribution in [3.8, 4) is 0 Å². The number of ether oxygens (including phenoxy) is 2. The lowest BCUT2D eigenvalue weighted by atomic mass is 9.91. The number of carbonyl (C=O) groups is 1. The molecule has 0 bridgehead atoms. The van der Waals surface area contributed by atoms with Crippen LogP contribution >= 0.6 is 11.8 Å². The zero-order valence-electron chi connectivity index (χ0n) is 22.3. The minimum absolute atomic E-state index is 0.00481. The molecule has 5 rings (SSSR count). The minimum atomic E-state index is -0.623. The number of hydrogen-bond donors (Lipinski definition) is 3. The van der Waals surface area contributed by atoms with Crippen LogP contribution in [0.2, 0.25) is 0 Å². The number of hydrogen-bond acceptors (Lipinski definition) is 6. The van der Waals surface area contributed by atoms with E-state index in [2.05, 4.69) is 22.5 Å². The molecule has 206 valence electrons. The van der Waals surface area contributed by atoms with Crippen LogP contribution in [0.5, 0.6) is 0 Å². The lowest BCUT2D eigenvalue weighted by Crippen LogP contribution is -2.38. The largest absolute Gasteiger partial charge is 0.392 e. The van der Waals surface area contributed by atoms with Crippen molar-refractivity contribution in [3.05, 3.63) is 126 Å². The highest BCUT2D eigenvalue weighted by Gasteiger charge is 2.38. The van der Waals surface area contributed by atoms with Gasteiger partial charge in [0.2, 0.25) is 0 Å². The molecule has 0 saturated carbocycles. The first-order valence-corrected chi connectivity index (χ1v) is 14.3. The van der Waals surface area contributed by atoms with Crippen molar-refractivity contribution in [1.82, 2.24) is 10.3 Å². The number of nitrogens with zero attached hydrogens (tertiary/aromatic N) is 1. The Morgan fingerprint density at radius 1 is 0.900 bits per heavy atom. The summed E-state index contributed by atoms with van der Waals surface area (Å²) in [5, 5.41) is 16.2. The van der Waals surface area contributed by atoms with Gasteiger partial charge in [0.05, 0.1) is 23.8 Å². The first-order valence-electron chi connectivity index (χ1n) is 13.3. The van der Waals surface area contributed by atoms with Crippen LogP contribution in [-0.2, 0) is 22.6 Å². The Morgan fingerprint density at radius 3 is 2.45 bits per heavy atom. The summed E-state index contributed by atoms with van der Waals surface area (Å²) < 4.78 is 13.1. The average Bonchev–Trinajstić information content (AvgIpc) is 3.01. The third-order valence-corrected chi connectivity index (χ3v) is 7.90. The van der Waals surface area contributed by atoms with E-state index in [1.54, 1.807) is 18.0 Å². The number of pyridine rings is 1. The van der Waals surface area contributed by atoms with Gasteiger partial charge in [-0.3, -0.25) is 0 Å². The van der Waals surface area contributed by atoms with E-state index in [-0.39, 0.29) is 30.8 Å². The van der Waals surface area contributed by atoms with Crippen molar-refractivity contribution >= 4 is 23.5 Å². The first-order chi connectivity index (χ1) is 19.6. The van der Waals surface area contributed by atoms with Gasteiger partial charge in [-0.05, 0) is 41.0 Å². The molecule has 1 aliphatic heterocycles. The van der Waals surface area contributed by atoms with Gasteiger partial charge in [-0.15, -0.1) is 11.8 Å². The number of aromatic nitrogens is 1. The normalized spacial score (nSPS) is 20.6. The summed E-state index contributed by atoms with van der Waals surface area (Å²) in [7, 11) is 0. The molecule has 0 spiro atoms. The van der Waals surface area contributed by atoms with E-state index in [1.807, 2.05) is 97.1 Å². The number of aliphatic hydroxyl groups is 1. The zero-order chi connectivity index (χ0) is 27.7. The lowest BCUT2D eigenvalue weighted by molar-refractivity contribution is -0.268. The highest BCUT2D eigenvalue weighted by Crippen LogP contribution is 2.43. The van der Waals surface area contributed by atoms with Crippen molar-refractivity contribution < 1.29 is 19.4 Å². The predicted octanol–water partition coefficient (Wildman–Crippen LogP) is 6.48. The maximum atomic E-state index is 12.6. The Kier molecular flexibility index (Phi) is 9.46. The number of aliphatic hydroxyl groups excluding tert-OH is 1. The number of urea groups is 1. The average molecular weight is 556 g/mol. The van der Waals surface area contributed by atoms with Gasteiger partial charge in [0.15, 0.2) is 6.29 Å². The fraction of sp³-hybridized carbons (Fsp3) is 0.250. The van der Waals surface area contributed by atoms with Crippen molar-refractivity contribution in [2.75, 3.05) is 11.1 Å². The van der Waals surface area contributed by atoms with Gasteiger partial charge in [-0.2, -0.15) is 0 Å². The van der Waals surface area contributed by atoms with Crippen molar-refractivity contribution in [1.29, 1.82) is 0 Å². The number of anilines is 1. The van der Waals surface area contributed by atoms with E-state index >= 15 is 0 Å². The summed E-state index contributed by atoms with van der Waals surface area (Å²) in [5.41, 5.74) is 4.37. The highest BCUT2D eigenvalue weighted by molar-refractivity contribution is 7.99. The van der Waals surface area contributed by atoms with Gasteiger partial charge in [-0.25, -0.2) is 9.78 Å². The Morgan fingerprint density at radius 2 is 1.70 bits per heavy atom. The van der Waals surface area contributed by atoms with Gasteiger partial charge in [0.25, 0.3) is 0 Å². The molecule has 0 aliphatic carbocycles. The second-order valence-corrected chi connectivity index (χ2v) is 10.8. The molecule has 4 aromatic rings. The van der Waals surface area contributed by atoms with E-state index in [0.717, 1.165) is 27.3 Å². The molecule has 2 heterocycles. The Bertz CT molecular complexity index is 1370. The summed E-state index contributed by atoms with van der Waals surface area (Å²) in [4.78, 5) is 17.0. The number of benzene rings is 3. The Hall–Kier alpha value is -3.69. The molecule has 1 aliphatic rings. The van der Waals surface area contributed by atoms with Crippen LogP contribution in [0.15, 0.2) is 108 Å². The van der Waals surface area contributed by atoms with Crippen LogP contribution in [0.25, 0.3) is 0 Å². The number of carbonyl (C=O) groups excluding carboxylic acids is 1. The molecular weight excluding hydrogens is 522 g/mol. The zero-order valence-corrected chi connectivity index (χ0v) is 23.1. The standard InChI is InChI=1S/C32H33N3O4S/c1-22-28(21-40-29-12-5-6-17-33-29)38-31(39-30(22)25-15-13-24(20-36)14-16-25)26-10-7-11-27(18-26)35-32(37)34-19-23-8-3-2-4-9-23/h2-18,22,28,30-31,36H,19-21H2,1H3,(H2,34,35,37). The van der Waals surface area contributed by atoms with E-state index in [1.165, 1.54) is 0 Å². The van der Waals surface area contributed by atoms with E-state index in [0.29, 0.717) is 18.0 Å². The van der Waals surface area contributed by atoms with Gasteiger partial charge in [0.1, 0.15) is 0 Å². The van der Waals surface area contributed by atoms with Crippen molar-refractivity contribution in [3.63, 3.8) is 0 Å². The molecule has 4 atom stereocenters. The smallest absolute Gasteiger partial charge is 0.319 e. The fourth-order valence-electron chi connectivity index (χ4n) is 4.63. The number of amides is 2. The molecule has 7 nitrogen and oxygen atoms in total. The SMILES string of the molecule is CC1C(CSc2ccccn2)OC(c2cccc(NC(=O)NCc3ccccc3)c2)OC1c1ccc(CO)cc1. The monoisotopic (exact) mass is 555 g/mol. The summed E-state index contributed by atoms with van der Waals surface area (Å²) in [6.45, 7) is 2.57. The first kappa shape index (κ1) is 27.9. The third-order valence-electron chi connectivity index (χ3n) is 6.87. The molecule has 40 heavy (non-hydrogen) atoms. The lowest BCUT2D eigenvalue weighted by Gasteiger charge is -2.41. The molecular formula is C32H33N3O4S. The van der Waals surface area contributed by atoms with Gasteiger partial charge < -0.3 is 25.2 Å². The summed E-state index contributed by atoms with van der Waals surface area (Å²) >= 11 is 1.66. The molecule has 0 radical (unpaired) electrons. The van der Waals surface area contributed by atoms with Crippen LogP contribution in [-0.4, -0.2) is 28.0 Å². The van der Waals surface area contributed by atoms with Crippen LogP contribution in [0.3, 0.4) is 0 Å². The van der Waals surface area contributed by atoms with E-state index in [4.69, 9.17) is 9.47 Å². The van der Waals surface area contributed by atoms with Gasteiger partial charge >= 0.3 is 6.03 Å². The summed E-state index contributed by atoms with van der Waals surface area (Å²) in [5.74, 6) is 0.779. The van der Waals surface area contributed by atoms with Crippen LogP contribution in [0, 0.1) is 5.92 Å². The minimum Gasteiger partial charge on any atom is -0.392 e. The maximum Gasteiger partial charge on any atom is 0.319 e. The molecule has 3 aromatic carbocycles. The van der Waals surface area contributed by atoms with Gasteiger partial charge in [0, 0.05) is 35.7 Å². The summed E-state index contributed by atoms with van der Waals surface area (Å²) in [6.07, 6.45) is 0.840. The molecule has 2 amide bonds.